The number of aliphatic carboxylic acids is 3. The lowest BCUT2D eigenvalue weighted by atomic mass is 9.74. The van der Waals surface area contributed by atoms with Crippen molar-refractivity contribution in [1.29, 1.82) is 0 Å². The van der Waals surface area contributed by atoms with Gasteiger partial charge >= 0.3 is 17.9 Å². The highest BCUT2D eigenvalue weighted by Gasteiger charge is 2.53. The van der Waals surface area contributed by atoms with Crippen LogP contribution in [-0.2, 0) is 33.3 Å². The van der Waals surface area contributed by atoms with Gasteiger partial charge in [0.2, 0.25) is 0 Å². The Bertz CT molecular complexity index is 2550. The summed E-state index contributed by atoms with van der Waals surface area (Å²) < 4.78 is 28.8. The number of carbonyl (C=O) groups is 6. The summed E-state index contributed by atoms with van der Waals surface area (Å²) in [5, 5.41) is 122. The molecule has 7 rings (SSSR count). The van der Waals surface area contributed by atoms with Gasteiger partial charge in [-0.1, -0.05) is 6.07 Å². The molecule has 0 bridgehead atoms. The molecule has 24 nitrogen and oxygen atoms in total. The van der Waals surface area contributed by atoms with Gasteiger partial charge in [-0.05, 0) is 49.6 Å². The third-order valence-electron chi connectivity index (χ3n) is 12.1. The molecule has 67 heavy (non-hydrogen) atoms. The van der Waals surface area contributed by atoms with Gasteiger partial charge in [0.25, 0.3) is 5.91 Å². The number of ketones is 2. The Labute approximate surface area is 377 Å². The number of methoxy groups -OCH3 is 1. The average Bonchev–Trinajstić information content (AvgIpc) is 3.24. The number of nitrogens with zero attached hydrogens (tertiary/aromatic N) is 1. The number of hydrogen-bond acceptors (Lipinski definition) is 20. The van der Waals surface area contributed by atoms with Crippen molar-refractivity contribution in [3.8, 4) is 34.1 Å². The minimum absolute atomic E-state index is 0.0332. The SMILES string of the molecule is COc1cc(O)c2c(c1)C(=O)c1c(cc3c(c1O)-c1c(cc(C)c(C(=O)N[C@H](C)C(=O)O)c1O)[C@H](O[C@@H]1O[C@H](C)[C@H](N(CC(=O)O)CC(=O)O)[C@H](O[C@@H]4OC[C@@H](O)[C@H](O)[C@H]4O)[C@H]1O)[C@H]3O)C2=O. The number of aliphatic hydroxyl groups excluding tert-OH is 5. The maximum atomic E-state index is 14.2. The van der Waals surface area contributed by atoms with E-state index in [-0.39, 0.29) is 22.4 Å². The molecule has 0 spiro atoms. The minimum atomic E-state index is -2.16. The molecular formula is C43H46N2O22. The van der Waals surface area contributed by atoms with Crippen LogP contribution in [0.2, 0.25) is 0 Å². The molecule has 2 aliphatic heterocycles. The zero-order valence-corrected chi connectivity index (χ0v) is 35.7. The van der Waals surface area contributed by atoms with Crippen molar-refractivity contribution in [2.45, 2.75) is 94.3 Å². The van der Waals surface area contributed by atoms with E-state index in [0.717, 1.165) is 30.0 Å². The van der Waals surface area contributed by atoms with Gasteiger partial charge in [0, 0.05) is 28.3 Å². The number of benzene rings is 3. The number of amides is 1. The number of phenols is 3. The third-order valence-corrected chi connectivity index (χ3v) is 12.1. The summed E-state index contributed by atoms with van der Waals surface area (Å²) >= 11 is 0. The molecule has 0 radical (unpaired) electrons. The highest BCUT2D eigenvalue weighted by molar-refractivity contribution is 6.31. The van der Waals surface area contributed by atoms with Crippen LogP contribution in [0.3, 0.4) is 0 Å². The van der Waals surface area contributed by atoms with Gasteiger partial charge in [-0.2, -0.15) is 0 Å². The van der Waals surface area contributed by atoms with E-state index in [0.29, 0.717) is 0 Å². The van der Waals surface area contributed by atoms with E-state index in [1.54, 1.807) is 0 Å². The number of phenolic OH excluding ortho intramolecular Hbond substituents is 3. The lowest BCUT2D eigenvalue weighted by molar-refractivity contribution is -0.346. The van der Waals surface area contributed by atoms with Gasteiger partial charge in [-0.15, -0.1) is 0 Å². The van der Waals surface area contributed by atoms with Crippen LogP contribution in [-0.4, -0.2) is 185 Å². The van der Waals surface area contributed by atoms with Gasteiger partial charge in [-0.25, -0.2) is 0 Å². The summed E-state index contributed by atoms with van der Waals surface area (Å²) in [5.41, 5.74) is -4.34. The number of aryl methyl sites for hydroxylation is 1. The smallest absolute Gasteiger partial charge is 0.325 e. The van der Waals surface area contributed by atoms with Crippen molar-refractivity contribution >= 4 is 35.4 Å². The fourth-order valence-corrected chi connectivity index (χ4v) is 9.00. The molecule has 4 aliphatic rings. The van der Waals surface area contributed by atoms with E-state index < -0.39 is 185 Å². The Kier molecular flexibility index (Phi) is 13.3. The molecule has 3 aromatic rings. The van der Waals surface area contributed by atoms with Crippen LogP contribution in [0.1, 0.15) is 84.9 Å². The summed E-state index contributed by atoms with van der Waals surface area (Å²) in [5.74, 6) is -10.2. The van der Waals surface area contributed by atoms with E-state index in [4.69, 9.17) is 23.7 Å². The number of carboxylic acids is 3. The minimum Gasteiger partial charge on any atom is -0.507 e. The quantitative estimate of drug-likeness (QED) is 0.0736. The number of aliphatic hydroxyl groups is 5. The van der Waals surface area contributed by atoms with E-state index in [1.807, 2.05) is 0 Å². The van der Waals surface area contributed by atoms with Crippen molar-refractivity contribution in [1.82, 2.24) is 10.2 Å². The predicted molar refractivity (Wildman–Crippen MR) is 218 cm³/mol. The standard InChI is InChI=1S/C43H46N2O22/c1-12-5-19-27(34(56)24(12)40(60)44-13(2)41(61)62)26-17(8-18-28(35(26)57)31(53)16-6-15(63-4)7-20(46)25(16)30(18)52)32(54)38(19)66-43-37(59)39(67-42-36(58)33(55)21(47)11-64-42)29(14(3)65-43)45(9-22(48)49)10-23(50)51/h5-8,13-14,21,29,32-33,36-39,42-43,46-47,54-59H,9-11H2,1-4H3,(H,44,60)(H,48,49)(H,50,51)(H,61,62)/t13-,14-,21-,29+,32+,33+,36-,37-,38+,39+,42+,43+/m1/s1. The van der Waals surface area contributed by atoms with Gasteiger partial charge in [0.05, 0.1) is 55.6 Å². The number of carboxylic acid groups (broad SMARTS) is 3. The molecular weight excluding hydrogens is 896 g/mol. The summed E-state index contributed by atoms with van der Waals surface area (Å²) in [6, 6.07) is 1.38. The van der Waals surface area contributed by atoms with E-state index in [9.17, 15) is 84.9 Å². The number of aromatic hydroxyl groups is 3. The van der Waals surface area contributed by atoms with E-state index in [2.05, 4.69) is 5.32 Å². The third kappa shape index (κ3) is 8.52. The van der Waals surface area contributed by atoms with Gasteiger partial charge in [0.1, 0.15) is 71.8 Å². The topological polar surface area (TPSA) is 386 Å². The molecule has 12 N–H and O–H groups in total. The Hall–Kier alpha value is -6.32. The fraction of sp³-hybridized carbons (Fsp3) is 0.442. The summed E-state index contributed by atoms with van der Waals surface area (Å²) in [6.45, 7) is 1.24. The van der Waals surface area contributed by atoms with Crippen LogP contribution in [0.25, 0.3) is 11.1 Å². The molecule has 2 heterocycles. The first-order valence-electron chi connectivity index (χ1n) is 20.4. The van der Waals surface area contributed by atoms with Crippen molar-refractivity contribution < 1.29 is 109 Å². The molecule has 0 saturated carbocycles. The molecule has 2 fully saturated rings. The summed E-state index contributed by atoms with van der Waals surface area (Å²) in [4.78, 5) is 78.4. The van der Waals surface area contributed by atoms with Crippen LogP contribution in [0.15, 0.2) is 24.3 Å². The monoisotopic (exact) mass is 942 g/mol. The average molecular weight is 943 g/mol. The first kappa shape index (κ1) is 48.6. The number of rotatable bonds is 13. The molecule has 3 aromatic carbocycles. The largest absolute Gasteiger partial charge is 0.507 e. The predicted octanol–water partition coefficient (Wildman–Crippen LogP) is -1.36. The Morgan fingerprint density at radius 3 is 2.01 bits per heavy atom. The fourth-order valence-electron chi connectivity index (χ4n) is 9.00. The highest BCUT2D eigenvalue weighted by atomic mass is 16.7. The van der Waals surface area contributed by atoms with Crippen molar-refractivity contribution in [2.75, 3.05) is 26.8 Å². The molecule has 1 amide bonds. The van der Waals surface area contributed by atoms with Crippen LogP contribution in [0.4, 0.5) is 0 Å². The Morgan fingerprint density at radius 1 is 0.791 bits per heavy atom. The maximum absolute atomic E-state index is 14.2. The normalized spacial score (nSPS) is 28.1. The highest BCUT2D eigenvalue weighted by Crippen LogP contribution is 2.57. The molecule has 0 unspecified atom stereocenters. The molecule has 360 valence electrons. The molecule has 2 saturated heterocycles. The Morgan fingerprint density at radius 2 is 1.40 bits per heavy atom. The number of fused-ring (bicyclic) bond motifs is 5. The van der Waals surface area contributed by atoms with Crippen LogP contribution < -0.4 is 10.1 Å². The molecule has 0 aromatic heterocycles. The van der Waals surface area contributed by atoms with Gasteiger partial charge in [0.15, 0.2) is 24.1 Å². The first-order chi connectivity index (χ1) is 31.5. The Balaban J connectivity index is 1.38. The summed E-state index contributed by atoms with van der Waals surface area (Å²) in [6.07, 6.45) is -18.6. The number of ether oxygens (including phenoxy) is 5. The zero-order chi connectivity index (χ0) is 49.2. The van der Waals surface area contributed by atoms with E-state index >= 15 is 0 Å². The zero-order valence-electron chi connectivity index (χ0n) is 35.7. The summed E-state index contributed by atoms with van der Waals surface area (Å²) in [7, 11) is 1.23. The van der Waals surface area contributed by atoms with Crippen LogP contribution in [0.5, 0.6) is 23.0 Å². The number of hydrogen-bond donors (Lipinski definition) is 12. The van der Waals surface area contributed by atoms with Crippen molar-refractivity contribution in [3.63, 3.8) is 0 Å². The second-order valence-corrected chi connectivity index (χ2v) is 16.5. The number of carbonyl (C=O) groups excluding carboxylic acids is 3. The van der Waals surface area contributed by atoms with Gasteiger partial charge in [-0.3, -0.25) is 33.7 Å². The first-order valence-corrected chi connectivity index (χ1v) is 20.4. The second kappa shape index (κ2) is 18.4. The lowest BCUT2D eigenvalue weighted by Gasteiger charge is -2.49. The molecule has 12 atom stereocenters. The molecule has 2 aliphatic carbocycles. The molecule has 24 heteroatoms. The maximum Gasteiger partial charge on any atom is 0.325 e. The lowest BCUT2D eigenvalue weighted by Crippen LogP contribution is -2.67. The van der Waals surface area contributed by atoms with Gasteiger partial charge < -0.3 is 85.2 Å². The van der Waals surface area contributed by atoms with E-state index in [1.165, 1.54) is 27.0 Å². The van der Waals surface area contributed by atoms with Crippen molar-refractivity contribution in [3.05, 3.63) is 68.8 Å². The van der Waals surface area contributed by atoms with Crippen molar-refractivity contribution in [2.24, 2.45) is 0 Å². The van der Waals surface area contributed by atoms with Crippen LogP contribution >= 0.6 is 0 Å². The number of nitrogens with one attached hydrogen (secondary N) is 1. The van der Waals surface area contributed by atoms with Crippen LogP contribution in [0, 0.1) is 6.92 Å². The second-order valence-electron chi connectivity index (χ2n) is 16.5.